The minimum absolute atomic E-state index is 0.0466. The van der Waals surface area contributed by atoms with E-state index >= 15 is 0 Å². The molecule has 0 spiro atoms. The van der Waals surface area contributed by atoms with Crippen LogP contribution in [0.2, 0.25) is 0 Å². The van der Waals surface area contributed by atoms with Crippen LogP contribution >= 0.6 is 0 Å². The number of ether oxygens (including phenoxy) is 2. The molecule has 1 atom stereocenters. The van der Waals surface area contributed by atoms with Gasteiger partial charge in [0, 0.05) is 35.2 Å². The Hall–Kier alpha value is -3.01. The van der Waals surface area contributed by atoms with Crippen LogP contribution in [0.3, 0.4) is 0 Å². The van der Waals surface area contributed by atoms with Crippen LogP contribution in [0, 0.1) is 13.8 Å². The van der Waals surface area contributed by atoms with Gasteiger partial charge in [0.1, 0.15) is 0 Å². The van der Waals surface area contributed by atoms with E-state index in [0.717, 1.165) is 10.9 Å². The van der Waals surface area contributed by atoms with Gasteiger partial charge in [-0.25, -0.2) is 13.2 Å². The number of aryl methyl sites for hydroxylation is 2. The van der Waals surface area contributed by atoms with E-state index in [1.54, 1.807) is 19.9 Å². The van der Waals surface area contributed by atoms with Gasteiger partial charge in [0.15, 0.2) is 6.10 Å². The minimum Gasteiger partial charge on any atom is -0.451 e. The highest BCUT2D eigenvalue weighted by Gasteiger charge is 2.30. The summed E-state index contributed by atoms with van der Waals surface area (Å²) in [7, 11) is -3.78. The zero-order valence-corrected chi connectivity index (χ0v) is 19.6. The number of sulfonamides is 1. The molecule has 8 nitrogen and oxygen atoms in total. The molecule has 1 unspecified atom stereocenters. The molecular formula is C24H26N2O6S. The van der Waals surface area contributed by atoms with Gasteiger partial charge in [-0.3, -0.25) is 4.79 Å². The van der Waals surface area contributed by atoms with E-state index < -0.39 is 22.1 Å². The summed E-state index contributed by atoms with van der Waals surface area (Å²) in [6.45, 7) is 6.15. The number of nitrogens with one attached hydrogen (secondary N) is 1. The lowest BCUT2D eigenvalue weighted by Crippen LogP contribution is -2.40. The second-order valence-corrected chi connectivity index (χ2v) is 9.99. The first-order valence-electron chi connectivity index (χ1n) is 10.7. The normalized spacial score (nSPS) is 16.0. The third-order valence-corrected chi connectivity index (χ3v) is 7.85. The maximum Gasteiger partial charge on any atom is 0.338 e. The lowest BCUT2D eigenvalue weighted by Gasteiger charge is -2.26. The van der Waals surface area contributed by atoms with Gasteiger partial charge in [0.2, 0.25) is 15.8 Å². The van der Waals surface area contributed by atoms with Crippen molar-refractivity contribution in [2.45, 2.75) is 31.8 Å². The number of morpholine rings is 1. The summed E-state index contributed by atoms with van der Waals surface area (Å²) in [5.74, 6) is -1.08. The smallest absolute Gasteiger partial charge is 0.338 e. The molecule has 0 amide bonds. The van der Waals surface area contributed by atoms with E-state index in [1.165, 1.54) is 23.4 Å². The van der Waals surface area contributed by atoms with Crippen LogP contribution in [0.15, 0.2) is 47.4 Å². The average molecular weight is 471 g/mol. The molecule has 0 aliphatic carbocycles. The fourth-order valence-corrected chi connectivity index (χ4v) is 5.67. The number of H-pyrrole nitrogens is 1. The number of hydrogen-bond donors (Lipinski definition) is 1. The van der Waals surface area contributed by atoms with Crippen LogP contribution < -0.4 is 0 Å². The van der Waals surface area contributed by atoms with Gasteiger partial charge in [0.05, 0.1) is 23.7 Å². The van der Waals surface area contributed by atoms with Crippen LogP contribution in [0.1, 0.15) is 38.9 Å². The molecule has 1 N–H and O–H groups in total. The molecule has 1 fully saturated rings. The SMILES string of the molecule is Cc1ccc(C(=O)OC(C)C(=O)c2c(C)[nH]c3ccccc23)cc1S(=O)(=O)N1CCOCC1. The van der Waals surface area contributed by atoms with Crippen LogP contribution in [-0.4, -0.2) is 61.9 Å². The number of nitrogens with zero attached hydrogens (tertiary/aromatic N) is 1. The van der Waals surface area contributed by atoms with E-state index in [9.17, 15) is 18.0 Å². The molecule has 1 aliphatic rings. The molecule has 4 rings (SSSR count). The summed E-state index contributed by atoms with van der Waals surface area (Å²) < 4.78 is 38.2. The first-order chi connectivity index (χ1) is 15.7. The topological polar surface area (TPSA) is 106 Å². The highest BCUT2D eigenvalue weighted by Crippen LogP contribution is 2.25. The predicted molar refractivity (Wildman–Crippen MR) is 123 cm³/mol. The first kappa shape index (κ1) is 23.2. The van der Waals surface area contributed by atoms with Gasteiger partial charge in [-0.2, -0.15) is 4.31 Å². The molecule has 1 aliphatic heterocycles. The second-order valence-electron chi connectivity index (χ2n) is 8.08. The standard InChI is InChI=1S/C24H26N2O6S/c1-15-8-9-18(14-21(15)33(29,30)26-10-12-31-13-11-26)24(28)32-17(3)23(27)22-16(2)25-20-7-5-4-6-19(20)22/h4-9,14,17,25H,10-13H2,1-3H3. The summed E-state index contributed by atoms with van der Waals surface area (Å²) >= 11 is 0. The van der Waals surface area contributed by atoms with Crippen LogP contribution in [0.25, 0.3) is 10.9 Å². The summed E-state index contributed by atoms with van der Waals surface area (Å²) in [4.78, 5) is 29.1. The number of carbonyl (C=O) groups excluding carboxylic acids is 2. The Labute approximate surface area is 192 Å². The van der Waals surface area contributed by atoms with Crippen molar-refractivity contribution in [2.24, 2.45) is 0 Å². The summed E-state index contributed by atoms with van der Waals surface area (Å²) in [5.41, 5.74) is 2.59. The fourth-order valence-electron chi connectivity index (χ4n) is 4.01. The largest absolute Gasteiger partial charge is 0.451 e. The molecule has 1 aromatic heterocycles. The van der Waals surface area contributed by atoms with Gasteiger partial charge in [-0.1, -0.05) is 24.3 Å². The highest BCUT2D eigenvalue weighted by atomic mass is 32.2. The van der Waals surface area contributed by atoms with Gasteiger partial charge >= 0.3 is 5.97 Å². The number of aromatic amines is 1. The van der Waals surface area contributed by atoms with Gasteiger partial charge in [-0.15, -0.1) is 0 Å². The number of Topliss-reactive ketones (excluding diaryl/α,β-unsaturated/α-hetero) is 1. The van der Waals surface area contributed by atoms with Crippen molar-refractivity contribution in [1.82, 2.24) is 9.29 Å². The number of esters is 1. The Morgan fingerprint density at radius 1 is 1.09 bits per heavy atom. The van der Waals surface area contributed by atoms with Crippen molar-refractivity contribution in [2.75, 3.05) is 26.3 Å². The molecule has 3 aromatic rings. The highest BCUT2D eigenvalue weighted by molar-refractivity contribution is 7.89. The van der Waals surface area contributed by atoms with Crippen molar-refractivity contribution in [3.05, 3.63) is 64.8 Å². The van der Waals surface area contributed by atoms with Crippen molar-refractivity contribution in [3.8, 4) is 0 Å². The molecule has 0 saturated carbocycles. The fraction of sp³-hybridized carbons (Fsp3) is 0.333. The molecule has 174 valence electrons. The molecule has 0 radical (unpaired) electrons. The first-order valence-corrected chi connectivity index (χ1v) is 12.1. The Kier molecular flexibility index (Phi) is 6.38. The van der Waals surface area contributed by atoms with Crippen LogP contribution in [0.5, 0.6) is 0 Å². The number of aromatic nitrogens is 1. The molecule has 9 heteroatoms. The molecule has 2 heterocycles. The van der Waals surface area contributed by atoms with Crippen molar-refractivity contribution < 1.29 is 27.5 Å². The maximum atomic E-state index is 13.1. The third-order valence-electron chi connectivity index (χ3n) is 5.80. The predicted octanol–water partition coefficient (Wildman–Crippen LogP) is 3.23. The molecule has 2 aromatic carbocycles. The Morgan fingerprint density at radius 3 is 2.52 bits per heavy atom. The van der Waals surface area contributed by atoms with Crippen molar-refractivity contribution >= 4 is 32.7 Å². The summed E-state index contributed by atoms with van der Waals surface area (Å²) in [5, 5.41) is 0.761. The van der Waals surface area contributed by atoms with Crippen molar-refractivity contribution in [1.29, 1.82) is 0 Å². The van der Waals surface area contributed by atoms with Crippen LogP contribution in [0.4, 0.5) is 0 Å². The van der Waals surface area contributed by atoms with E-state index in [4.69, 9.17) is 9.47 Å². The molecular weight excluding hydrogens is 444 g/mol. The van der Waals surface area contributed by atoms with Gasteiger partial charge < -0.3 is 14.5 Å². The Bertz CT molecular complexity index is 1320. The zero-order chi connectivity index (χ0) is 23.8. The Balaban J connectivity index is 1.56. The number of rotatable bonds is 6. The van der Waals surface area contributed by atoms with E-state index in [-0.39, 0.29) is 29.3 Å². The van der Waals surface area contributed by atoms with Crippen LogP contribution in [-0.2, 0) is 19.5 Å². The van der Waals surface area contributed by atoms with E-state index in [2.05, 4.69) is 4.98 Å². The van der Waals surface area contributed by atoms with Gasteiger partial charge in [0.25, 0.3) is 0 Å². The van der Waals surface area contributed by atoms with Crippen molar-refractivity contribution in [3.63, 3.8) is 0 Å². The van der Waals surface area contributed by atoms with Gasteiger partial charge in [-0.05, 0) is 44.5 Å². The summed E-state index contributed by atoms with van der Waals surface area (Å²) in [6.07, 6.45) is -1.05. The molecule has 1 saturated heterocycles. The summed E-state index contributed by atoms with van der Waals surface area (Å²) in [6, 6.07) is 11.8. The number of hydrogen-bond acceptors (Lipinski definition) is 6. The maximum absolute atomic E-state index is 13.1. The number of para-hydroxylation sites is 1. The zero-order valence-electron chi connectivity index (χ0n) is 18.8. The monoisotopic (exact) mass is 470 g/mol. The quantitative estimate of drug-likeness (QED) is 0.438. The van der Waals surface area contributed by atoms with E-state index in [1.807, 2.05) is 24.3 Å². The van der Waals surface area contributed by atoms with E-state index in [0.29, 0.717) is 30.0 Å². The average Bonchev–Trinajstić information content (AvgIpc) is 3.14. The number of benzene rings is 2. The number of fused-ring (bicyclic) bond motifs is 1. The third kappa shape index (κ3) is 4.44. The second kappa shape index (κ2) is 9.09. The lowest BCUT2D eigenvalue weighted by molar-refractivity contribution is 0.0319. The Morgan fingerprint density at radius 2 is 1.79 bits per heavy atom. The minimum atomic E-state index is -3.78. The lowest BCUT2D eigenvalue weighted by atomic mass is 10.0. The number of ketones is 1. The molecule has 33 heavy (non-hydrogen) atoms. The molecule has 0 bridgehead atoms. The number of carbonyl (C=O) groups is 2.